The fraction of sp³-hybridized carbons (Fsp3) is 0.391. The molecule has 1 atom stereocenters. The second kappa shape index (κ2) is 8.42. The van der Waals surface area contributed by atoms with Crippen molar-refractivity contribution in [2.45, 2.75) is 52.0 Å². The van der Waals surface area contributed by atoms with Gasteiger partial charge in [0, 0.05) is 24.3 Å². The van der Waals surface area contributed by atoms with E-state index in [1.807, 2.05) is 11.8 Å². The van der Waals surface area contributed by atoms with Crippen LogP contribution >= 0.6 is 0 Å². The highest BCUT2D eigenvalue weighted by atomic mass is 19.1. The van der Waals surface area contributed by atoms with Crippen molar-refractivity contribution in [3.8, 4) is 17.3 Å². The third-order valence-electron chi connectivity index (χ3n) is 5.82. The lowest BCUT2D eigenvalue weighted by atomic mass is 10.1. The molecule has 1 amide bonds. The first-order chi connectivity index (χ1) is 14.9. The summed E-state index contributed by atoms with van der Waals surface area (Å²) < 4.78 is 30.5. The molecule has 160 valence electrons. The molecule has 1 aliphatic rings. The van der Waals surface area contributed by atoms with Gasteiger partial charge in [-0.25, -0.2) is 18.3 Å². The smallest absolute Gasteiger partial charge is 0.272 e. The SMILES string of the molecule is CCc1cc(C(=O)N2CCCCCC2C)nc2cc(-c3c(F)cc(C#N)cc3F)nn12. The summed E-state index contributed by atoms with van der Waals surface area (Å²) >= 11 is 0. The summed E-state index contributed by atoms with van der Waals surface area (Å²) in [6.07, 6.45) is 4.70. The third-order valence-corrected chi connectivity index (χ3v) is 5.82. The number of aromatic nitrogens is 3. The summed E-state index contributed by atoms with van der Waals surface area (Å²) in [7, 11) is 0. The van der Waals surface area contributed by atoms with Crippen molar-refractivity contribution < 1.29 is 13.6 Å². The molecule has 0 N–H and O–H groups in total. The van der Waals surface area contributed by atoms with Gasteiger partial charge in [-0.1, -0.05) is 19.8 Å². The Morgan fingerprint density at radius 2 is 1.94 bits per heavy atom. The quantitative estimate of drug-likeness (QED) is 0.621. The zero-order valence-electron chi connectivity index (χ0n) is 17.5. The number of aryl methyl sites for hydroxylation is 1. The van der Waals surface area contributed by atoms with E-state index in [1.165, 1.54) is 10.6 Å². The van der Waals surface area contributed by atoms with Gasteiger partial charge in [0.05, 0.1) is 17.2 Å². The number of hydrogen-bond donors (Lipinski definition) is 0. The van der Waals surface area contributed by atoms with Gasteiger partial charge in [-0.2, -0.15) is 10.4 Å². The largest absolute Gasteiger partial charge is 0.335 e. The molecular formula is C23H23F2N5O. The Morgan fingerprint density at radius 1 is 1.19 bits per heavy atom. The van der Waals surface area contributed by atoms with Crippen molar-refractivity contribution in [3.63, 3.8) is 0 Å². The summed E-state index contributed by atoms with van der Waals surface area (Å²) in [5.41, 5.74) is 1.02. The molecule has 1 saturated heterocycles. The molecule has 6 nitrogen and oxygen atoms in total. The summed E-state index contributed by atoms with van der Waals surface area (Å²) in [5, 5.41) is 13.2. The number of nitrogens with zero attached hydrogens (tertiary/aromatic N) is 5. The summed E-state index contributed by atoms with van der Waals surface area (Å²) in [4.78, 5) is 19.6. The Kier molecular flexibility index (Phi) is 5.68. The third kappa shape index (κ3) is 3.88. The lowest BCUT2D eigenvalue weighted by Gasteiger charge is -2.27. The number of benzene rings is 1. The van der Waals surface area contributed by atoms with E-state index in [0.29, 0.717) is 24.3 Å². The van der Waals surface area contributed by atoms with Crippen LogP contribution in [0.2, 0.25) is 0 Å². The highest BCUT2D eigenvalue weighted by molar-refractivity contribution is 5.93. The topological polar surface area (TPSA) is 74.3 Å². The van der Waals surface area contributed by atoms with E-state index >= 15 is 0 Å². The number of amides is 1. The van der Waals surface area contributed by atoms with Gasteiger partial charge in [0.2, 0.25) is 0 Å². The van der Waals surface area contributed by atoms with Crippen LogP contribution in [-0.4, -0.2) is 38.0 Å². The molecule has 1 unspecified atom stereocenters. The molecule has 0 bridgehead atoms. The minimum Gasteiger partial charge on any atom is -0.335 e. The molecule has 1 fully saturated rings. The second-order valence-electron chi connectivity index (χ2n) is 7.91. The van der Waals surface area contributed by atoms with Gasteiger partial charge < -0.3 is 4.90 Å². The molecule has 3 heterocycles. The molecule has 0 aliphatic carbocycles. The van der Waals surface area contributed by atoms with Gasteiger partial charge >= 0.3 is 0 Å². The predicted octanol–water partition coefficient (Wildman–Crippen LogP) is 4.51. The number of hydrogen-bond acceptors (Lipinski definition) is 4. The van der Waals surface area contributed by atoms with Gasteiger partial charge in [-0.15, -0.1) is 0 Å². The van der Waals surface area contributed by atoms with Gasteiger partial charge in [0.25, 0.3) is 5.91 Å². The van der Waals surface area contributed by atoms with Crippen LogP contribution in [0.5, 0.6) is 0 Å². The fourth-order valence-corrected chi connectivity index (χ4v) is 4.13. The average molecular weight is 423 g/mol. The Labute approximate surface area is 179 Å². The first kappa shape index (κ1) is 20.9. The Bertz CT molecular complexity index is 1170. The van der Waals surface area contributed by atoms with E-state index < -0.39 is 11.6 Å². The number of likely N-dealkylation sites (tertiary alicyclic amines) is 1. The predicted molar refractivity (Wildman–Crippen MR) is 111 cm³/mol. The van der Waals surface area contributed by atoms with Crippen LogP contribution in [0.25, 0.3) is 16.9 Å². The van der Waals surface area contributed by atoms with E-state index in [1.54, 1.807) is 12.1 Å². The van der Waals surface area contributed by atoms with E-state index in [0.717, 1.165) is 43.5 Å². The molecule has 1 aliphatic heterocycles. The van der Waals surface area contributed by atoms with Crippen molar-refractivity contribution in [1.29, 1.82) is 5.26 Å². The molecule has 0 radical (unpaired) electrons. The van der Waals surface area contributed by atoms with Gasteiger partial charge in [-0.05, 0) is 44.4 Å². The highest BCUT2D eigenvalue weighted by Gasteiger charge is 2.26. The summed E-state index contributed by atoms with van der Waals surface area (Å²) in [5.74, 6) is -1.87. The molecule has 4 rings (SSSR count). The molecule has 1 aromatic carbocycles. The Hall–Kier alpha value is -3.34. The summed E-state index contributed by atoms with van der Waals surface area (Å²) in [6, 6.07) is 7.00. The lowest BCUT2D eigenvalue weighted by molar-refractivity contribution is 0.0692. The number of carbonyl (C=O) groups is 1. The zero-order chi connectivity index (χ0) is 22.1. The maximum Gasteiger partial charge on any atom is 0.272 e. The number of fused-ring (bicyclic) bond motifs is 1. The molecule has 2 aromatic heterocycles. The molecule has 0 spiro atoms. The average Bonchev–Trinajstić information content (AvgIpc) is 3.05. The first-order valence-electron chi connectivity index (χ1n) is 10.5. The molecular weight excluding hydrogens is 400 g/mol. The normalized spacial score (nSPS) is 16.9. The van der Waals surface area contributed by atoms with E-state index in [4.69, 9.17) is 5.26 Å². The Morgan fingerprint density at radius 3 is 2.61 bits per heavy atom. The minimum absolute atomic E-state index is 0.0643. The van der Waals surface area contributed by atoms with Crippen LogP contribution in [0.3, 0.4) is 0 Å². The number of carbonyl (C=O) groups excluding carboxylic acids is 1. The van der Waals surface area contributed by atoms with Crippen LogP contribution in [-0.2, 0) is 6.42 Å². The highest BCUT2D eigenvalue weighted by Crippen LogP contribution is 2.28. The van der Waals surface area contributed by atoms with Crippen molar-refractivity contribution >= 4 is 11.6 Å². The number of halogens is 2. The van der Waals surface area contributed by atoms with Crippen LogP contribution < -0.4 is 0 Å². The van der Waals surface area contributed by atoms with Crippen molar-refractivity contribution in [1.82, 2.24) is 19.5 Å². The first-order valence-corrected chi connectivity index (χ1v) is 10.5. The standard InChI is InChI=1S/C23H23F2N5O/c1-3-16-11-20(23(31)29-8-6-4-5-7-14(29)2)27-21-12-19(28-30(16)21)22-17(24)9-15(13-26)10-18(22)25/h9-12,14H,3-8H2,1-2H3. The van der Waals surface area contributed by atoms with Crippen LogP contribution in [0.4, 0.5) is 8.78 Å². The van der Waals surface area contributed by atoms with Crippen molar-refractivity contribution in [2.24, 2.45) is 0 Å². The lowest BCUT2D eigenvalue weighted by Crippen LogP contribution is -2.38. The summed E-state index contributed by atoms with van der Waals surface area (Å²) in [6.45, 7) is 4.66. The van der Waals surface area contributed by atoms with E-state index in [2.05, 4.69) is 17.0 Å². The van der Waals surface area contributed by atoms with E-state index in [9.17, 15) is 13.6 Å². The molecule has 3 aromatic rings. The van der Waals surface area contributed by atoms with Crippen molar-refractivity contribution in [3.05, 3.63) is 52.9 Å². The maximum atomic E-state index is 14.5. The number of nitriles is 1. The zero-order valence-corrected chi connectivity index (χ0v) is 17.5. The minimum atomic E-state index is -0.868. The van der Waals surface area contributed by atoms with Gasteiger partial charge in [0.1, 0.15) is 23.0 Å². The van der Waals surface area contributed by atoms with Crippen LogP contribution in [0.1, 0.15) is 61.3 Å². The Balaban J connectivity index is 1.79. The molecule has 0 saturated carbocycles. The second-order valence-corrected chi connectivity index (χ2v) is 7.91. The van der Waals surface area contributed by atoms with Gasteiger partial charge in [0.15, 0.2) is 5.65 Å². The van der Waals surface area contributed by atoms with Gasteiger partial charge in [-0.3, -0.25) is 4.79 Å². The molecule has 8 heteroatoms. The maximum absolute atomic E-state index is 14.5. The number of rotatable bonds is 3. The van der Waals surface area contributed by atoms with Crippen molar-refractivity contribution in [2.75, 3.05) is 6.54 Å². The fourth-order valence-electron chi connectivity index (χ4n) is 4.13. The van der Waals surface area contributed by atoms with Crippen LogP contribution in [0.15, 0.2) is 24.3 Å². The van der Waals surface area contributed by atoms with E-state index in [-0.39, 0.29) is 28.8 Å². The van der Waals surface area contributed by atoms with Crippen LogP contribution in [0, 0.1) is 23.0 Å². The molecule has 31 heavy (non-hydrogen) atoms. The monoisotopic (exact) mass is 423 g/mol.